The number of hydrogen-bond donors (Lipinski definition) is 1. The molecule has 0 aliphatic carbocycles. The van der Waals surface area contributed by atoms with Crippen LogP contribution in [0.2, 0.25) is 0 Å². The van der Waals surface area contributed by atoms with Crippen LogP contribution in [-0.2, 0) is 11.2 Å². The van der Waals surface area contributed by atoms with Gasteiger partial charge in [-0.05, 0) is 24.1 Å². The van der Waals surface area contributed by atoms with Gasteiger partial charge in [0.05, 0.1) is 0 Å². The lowest BCUT2D eigenvalue weighted by Crippen LogP contribution is -2.13. The highest BCUT2D eigenvalue weighted by atomic mass is 79.9. The lowest BCUT2D eigenvalue weighted by Gasteiger charge is -2.04. The minimum absolute atomic E-state index is 0.0237. The molecule has 0 radical (unpaired) electrons. The summed E-state index contributed by atoms with van der Waals surface area (Å²) in [5.74, 6) is 0.548. The first-order valence-electron chi connectivity index (χ1n) is 5.69. The second kappa shape index (κ2) is 6.31. The molecule has 4 heteroatoms. The first kappa shape index (κ1) is 12.8. The van der Waals surface area contributed by atoms with Gasteiger partial charge in [0.1, 0.15) is 5.82 Å². The third-order valence-electron chi connectivity index (χ3n) is 2.47. The van der Waals surface area contributed by atoms with Crippen LogP contribution in [0.4, 0.5) is 5.82 Å². The van der Waals surface area contributed by atoms with E-state index in [1.54, 1.807) is 12.3 Å². The van der Waals surface area contributed by atoms with Crippen LogP contribution in [0.5, 0.6) is 0 Å². The van der Waals surface area contributed by atoms with Gasteiger partial charge < -0.3 is 5.32 Å². The molecule has 2 rings (SSSR count). The zero-order chi connectivity index (χ0) is 12.8. The number of carbonyl (C=O) groups excluding carboxylic acids is 1. The molecule has 1 aromatic heterocycles. The van der Waals surface area contributed by atoms with E-state index in [1.165, 1.54) is 0 Å². The number of benzene rings is 1. The average molecular weight is 305 g/mol. The molecule has 0 aliphatic heterocycles. The molecule has 0 unspecified atom stereocenters. The summed E-state index contributed by atoms with van der Waals surface area (Å²) < 4.78 is 0.899. The highest BCUT2D eigenvalue weighted by Crippen LogP contribution is 2.13. The number of amides is 1. The Morgan fingerprint density at radius 1 is 1.22 bits per heavy atom. The molecule has 3 nitrogen and oxygen atoms in total. The number of pyridine rings is 1. The maximum atomic E-state index is 11.7. The molecule has 1 amide bonds. The summed E-state index contributed by atoms with van der Waals surface area (Å²) in [6, 6.07) is 13.6. The van der Waals surface area contributed by atoms with Crippen LogP contribution in [0.15, 0.2) is 53.1 Å². The second-order valence-electron chi connectivity index (χ2n) is 3.89. The van der Waals surface area contributed by atoms with Gasteiger partial charge in [-0.15, -0.1) is 0 Å². The molecule has 0 spiro atoms. The van der Waals surface area contributed by atoms with Crippen LogP contribution in [0, 0.1) is 0 Å². The third-order valence-corrected chi connectivity index (χ3v) is 2.97. The molecule has 0 bridgehead atoms. The molecule has 0 saturated carbocycles. The molecule has 1 N–H and O–H groups in total. The Hall–Kier alpha value is -1.68. The molecular formula is C14H13BrN2O. The van der Waals surface area contributed by atoms with Crippen molar-refractivity contribution in [2.75, 3.05) is 5.32 Å². The summed E-state index contributed by atoms with van der Waals surface area (Å²) >= 11 is 3.34. The molecule has 18 heavy (non-hydrogen) atoms. The Morgan fingerprint density at radius 3 is 2.72 bits per heavy atom. The number of anilines is 1. The van der Waals surface area contributed by atoms with E-state index in [4.69, 9.17) is 0 Å². The van der Waals surface area contributed by atoms with Crippen molar-refractivity contribution in [3.63, 3.8) is 0 Å². The van der Waals surface area contributed by atoms with Crippen LogP contribution < -0.4 is 5.32 Å². The van der Waals surface area contributed by atoms with Gasteiger partial charge in [-0.2, -0.15) is 0 Å². The summed E-state index contributed by atoms with van der Waals surface area (Å²) in [4.78, 5) is 15.8. The van der Waals surface area contributed by atoms with E-state index >= 15 is 0 Å². The maximum absolute atomic E-state index is 11.7. The van der Waals surface area contributed by atoms with Crippen molar-refractivity contribution in [2.24, 2.45) is 0 Å². The fraction of sp³-hybridized carbons (Fsp3) is 0.143. The number of nitrogens with zero attached hydrogens (tertiary/aromatic N) is 1. The largest absolute Gasteiger partial charge is 0.311 e. The smallest absolute Gasteiger partial charge is 0.225 e. The Morgan fingerprint density at radius 2 is 2.00 bits per heavy atom. The van der Waals surface area contributed by atoms with E-state index in [1.807, 2.05) is 36.4 Å². The Balaban J connectivity index is 1.86. The van der Waals surface area contributed by atoms with Gasteiger partial charge in [0.25, 0.3) is 0 Å². The van der Waals surface area contributed by atoms with E-state index in [2.05, 4.69) is 26.2 Å². The Kier molecular flexibility index (Phi) is 4.47. The summed E-state index contributed by atoms with van der Waals surface area (Å²) in [6.45, 7) is 0. The van der Waals surface area contributed by atoms with Crippen LogP contribution in [0.25, 0.3) is 0 Å². The highest BCUT2D eigenvalue weighted by molar-refractivity contribution is 9.10. The molecule has 92 valence electrons. The third kappa shape index (κ3) is 3.96. The Bertz CT molecular complexity index is 528. The number of aromatic nitrogens is 1. The number of halogens is 1. The topological polar surface area (TPSA) is 42.0 Å². The van der Waals surface area contributed by atoms with E-state index in [9.17, 15) is 4.79 Å². The average Bonchev–Trinajstić information content (AvgIpc) is 2.38. The van der Waals surface area contributed by atoms with E-state index in [0.29, 0.717) is 12.2 Å². The van der Waals surface area contributed by atoms with Gasteiger partial charge in [0.2, 0.25) is 5.91 Å². The van der Waals surface area contributed by atoms with Gasteiger partial charge in [-0.1, -0.05) is 46.3 Å². The first-order valence-corrected chi connectivity index (χ1v) is 6.49. The van der Waals surface area contributed by atoms with Crippen LogP contribution in [0.3, 0.4) is 0 Å². The number of aryl methyl sites for hydroxylation is 1. The molecule has 0 saturated heterocycles. The van der Waals surface area contributed by atoms with Crippen LogP contribution in [-0.4, -0.2) is 10.9 Å². The molecule has 0 atom stereocenters. The Labute approximate surface area is 114 Å². The van der Waals surface area contributed by atoms with E-state index < -0.39 is 0 Å². The van der Waals surface area contributed by atoms with Gasteiger partial charge in [-0.3, -0.25) is 4.79 Å². The molecular weight excluding hydrogens is 292 g/mol. The van der Waals surface area contributed by atoms with Gasteiger partial charge >= 0.3 is 0 Å². The second-order valence-corrected chi connectivity index (χ2v) is 4.81. The predicted molar refractivity (Wildman–Crippen MR) is 75.3 cm³/mol. The van der Waals surface area contributed by atoms with Crippen molar-refractivity contribution in [2.45, 2.75) is 12.8 Å². The number of rotatable bonds is 4. The number of hydrogen-bond acceptors (Lipinski definition) is 2. The van der Waals surface area contributed by atoms with E-state index in [-0.39, 0.29) is 5.91 Å². The minimum Gasteiger partial charge on any atom is -0.311 e. The number of carbonyl (C=O) groups is 1. The standard InChI is InChI=1S/C14H13BrN2O/c15-12-8-9-16-13(10-12)17-14(18)7-6-11-4-2-1-3-5-11/h1-5,8-10H,6-7H2,(H,16,17,18). The lowest BCUT2D eigenvalue weighted by molar-refractivity contribution is -0.116. The molecule has 0 aliphatic rings. The first-order chi connectivity index (χ1) is 8.74. The monoisotopic (exact) mass is 304 g/mol. The van der Waals surface area contributed by atoms with Crippen molar-refractivity contribution in [1.82, 2.24) is 4.98 Å². The summed E-state index contributed by atoms with van der Waals surface area (Å²) in [5, 5.41) is 2.77. The fourth-order valence-corrected chi connectivity index (χ4v) is 1.92. The quantitative estimate of drug-likeness (QED) is 0.940. The van der Waals surface area contributed by atoms with Crippen molar-refractivity contribution in [3.8, 4) is 0 Å². The van der Waals surface area contributed by atoms with Gasteiger partial charge in [-0.25, -0.2) is 4.98 Å². The maximum Gasteiger partial charge on any atom is 0.225 e. The molecule has 0 fully saturated rings. The van der Waals surface area contributed by atoms with Gasteiger partial charge in [0.15, 0.2) is 0 Å². The van der Waals surface area contributed by atoms with Gasteiger partial charge in [0, 0.05) is 17.1 Å². The summed E-state index contributed by atoms with van der Waals surface area (Å²) in [6.07, 6.45) is 2.84. The number of nitrogens with one attached hydrogen (secondary N) is 1. The minimum atomic E-state index is -0.0237. The molecule has 2 aromatic rings. The zero-order valence-corrected chi connectivity index (χ0v) is 11.4. The lowest BCUT2D eigenvalue weighted by atomic mass is 10.1. The summed E-state index contributed by atoms with van der Waals surface area (Å²) in [5.41, 5.74) is 1.16. The van der Waals surface area contributed by atoms with Crippen LogP contribution in [0.1, 0.15) is 12.0 Å². The van der Waals surface area contributed by atoms with E-state index in [0.717, 1.165) is 16.5 Å². The van der Waals surface area contributed by atoms with Crippen molar-refractivity contribution in [1.29, 1.82) is 0 Å². The predicted octanol–water partition coefficient (Wildman–Crippen LogP) is 3.42. The fourth-order valence-electron chi connectivity index (χ4n) is 1.58. The highest BCUT2D eigenvalue weighted by Gasteiger charge is 2.04. The SMILES string of the molecule is O=C(CCc1ccccc1)Nc1cc(Br)ccn1. The molecule has 1 heterocycles. The normalized spacial score (nSPS) is 10.1. The van der Waals surface area contributed by atoms with Crippen molar-refractivity contribution >= 4 is 27.7 Å². The van der Waals surface area contributed by atoms with Crippen LogP contribution >= 0.6 is 15.9 Å². The van der Waals surface area contributed by atoms with Crippen molar-refractivity contribution in [3.05, 3.63) is 58.7 Å². The molecule has 1 aromatic carbocycles. The summed E-state index contributed by atoms with van der Waals surface area (Å²) in [7, 11) is 0. The van der Waals surface area contributed by atoms with Crippen molar-refractivity contribution < 1.29 is 4.79 Å². The zero-order valence-electron chi connectivity index (χ0n) is 9.77.